The molecule has 10 heteroatoms. The lowest BCUT2D eigenvalue weighted by Crippen LogP contribution is -2.33. The molecule has 0 aliphatic rings. The number of amides is 2. The molecule has 3 aromatic heterocycles. The number of ether oxygens (including phenoxy) is 1. The van der Waals surface area contributed by atoms with Crippen LogP contribution < -0.4 is 10.2 Å². The molecule has 0 fully saturated rings. The fraction of sp³-hybridized carbons (Fsp3) is 0.167. The molecule has 2 amide bonds. The molecule has 0 saturated heterocycles. The van der Waals surface area contributed by atoms with Crippen LogP contribution in [0.1, 0.15) is 31.5 Å². The number of carbonyl (C=O) groups is 3. The number of hydrogen-bond donors (Lipinski definition) is 1. The first kappa shape index (κ1) is 23.4. The van der Waals surface area contributed by atoms with Crippen molar-refractivity contribution in [1.82, 2.24) is 10.3 Å². The number of hydrogen-bond acceptors (Lipinski definition) is 8. The minimum absolute atomic E-state index is 0.219. The molecule has 8 nitrogen and oxygen atoms in total. The SMILES string of the molecule is Cc1nc(-c2ccsc2)sc1C(=O)OCC(=O)N(C)c1ccccc1C(=O)NCc1ccco1. The molecule has 0 radical (unpaired) electrons. The Balaban J connectivity index is 1.39. The molecule has 0 aliphatic heterocycles. The molecule has 174 valence electrons. The number of thiazole rings is 1. The van der Waals surface area contributed by atoms with E-state index < -0.39 is 18.5 Å². The molecule has 0 spiro atoms. The summed E-state index contributed by atoms with van der Waals surface area (Å²) >= 11 is 2.77. The summed E-state index contributed by atoms with van der Waals surface area (Å²) in [6, 6.07) is 12.1. The van der Waals surface area contributed by atoms with Crippen LogP contribution >= 0.6 is 22.7 Å². The first-order valence-corrected chi connectivity index (χ1v) is 12.0. The summed E-state index contributed by atoms with van der Waals surface area (Å²) in [5, 5.41) is 7.38. The Labute approximate surface area is 203 Å². The number of carbonyl (C=O) groups excluding carboxylic acids is 3. The summed E-state index contributed by atoms with van der Waals surface area (Å²) < 4.78 is 10.5. The van der Waals surface area contributed by atoms with Crippen LogP contribution in [-0.4, -0.2) is 36.4 Å². The lowest BCUT2D eigenvalue weighted by atomic mass is 10.1. The highest BCUT2D eigenvalue weighted by Crippen LogP contribution is 2.30. The number of benzene rings is 1. The van der Waals surface area contributed by atoms with Gasteiger partial charge in [0.25, 0.3) is 11.8 Å². The van der Waals surface area contributed by atoms with E-state index in [-0.39, 0.29) is 12.5 Å². The molecule has 1 N–H and O–H groups in total. The number of nitrogens with zero attached hydrogens (tertiary/aromatic N) is 2. The Morgan fingerprint density at radius 1 is 1.15 bits per heavy atom. The maximum absolute atomic E-state index is 12.8. The maximum Gasteiger partial charge on any atom is 0.350 e. The van der Waals surface area contributed by atoms with E-state index in [0.717, 1.165) is 10.6 Å². The number of rotatable bonds is 8. The van der Waals surface area contributed by atoms with Gasteiger partial charge < -0.3 is 19.4 Å². The van der Waals surface area contributed by atoms with Gasteiger partial charge in [0, 0.05) is 18.0 Å². The van der Waals surface area contributed by atoms with Crippen molar-refractivity contribution in [3.8, 4) is 10.6 Å². The highest BCUT2D eigenvalue weighted by molar-refractivity contribution is 7.17. The van der Waals surface area contributed by atoms with Crippen LogP contribution in [0.15, 0.2) is 63.9 Å². The van der Waals surface area contributed by atoms with Crippen molar-refractivity contribution in [3.05, 3.63) is 81.4 Å². The van der Waals surface area contributed by atoms with Crippen LogP contribution in [0.4, 0.5) is 5.69 Å². The lowest BCUT2D eigenvalue weighted by molar-refractivity contribution is -0.121. The lowest BCUT2D eigenvalue weighted by Gasteiger charge is -2.20. The molecule has 34 heavy (non-hydrogen) atoms. The second-order valence-corrected chi connectivity index (χ2v) is 9.03. The second kappa shape index (κ2) is 10.4. The molecule has 0 saturated carbocycles. The van der Waals surface area contributed by atoms with Gasteiger partial charge in [0.05, 0.1) is 29.8 Å². The van der Waals surface area contributed by atoms with E-state index in [2.05, 4.69) is 10.3 Å². The van der Waals surface area contributed by atoms with Gasteiger partial charge in [0.15, 0.2) is 6.61 Å². The van der Waals surface area contributed by atoms with Gasteiger partial charge in [-0.15, -0.1) is 11.3 Å². The average molecular weight is 496 g/mol. The van der Waals surface area contributed by atoms with E-state index in [1.54, 1.807) is 54.7 Å². The number of furan rings is 1. The monoisotopic (exact) mass is 495 g/mol. The van der Waals surface area contributed by atoms with Crippen molar-refractivity contribution in [2.75, 3.05) is 18.6 Å². The van der Waals surface area contributed by atoms with Crippen molar-refractivity contribution in [2.24, 2.45) is 0 Å². The Morgan fingerprint density at radius 2 is 1.97 bits per heavy atom. The quantitative estimate of drug-likeness (QED) is 0.361. The fourth-order valence-corrected chi connectivity index (χ4v) is 4.82. The topological polar surface area (TPSA) is 102 Å². The Bertz CT molecular complexity index is 1300. The molecule has 3 heterocycles. The zero-order valence-corrected chi connectivity index (χ0v) is 20.1. The van der Waals surface area contributed by atoms with E-state index in [4.69, 9.17) is 9.15 Å². The molecular weight excluding hydrogens is 474 g/mol. The summed E-state index contributed by atoms with van der Waals surface area (Å²) in [5.74, 6) is -0.824. The van der Waals surface area contributed by atoms with E-state index in [0.29, 0.717) is 27.6 Å². The minimum Gasteiger partial charge on any atom is -0.467 e. The van der Waals surface area contributed by atoms with Gasteiger partial charge in [-0.05, 0) is 42.6 Å². The van der Waals surface area contributed by atoms with Crippen LogP contribution in [0.2, 0.25) is 0 Å². The molecule has 0 aliphatic carbocycles. The van der Waals surface area contributed by atoms with E-state index in [9.17, 15) is 14.4 Å². The maximum atomic E-state index is 12.8. The fourth-order valence-electron chi connectivity index (χ4n) is 3.15. The normalized spacial score (nSPS) is 10.6. The van der Waals surface area contributed by atoms with Gasteiger partial charge in [-0.25, -0.2) is 9.78 Å². The van der Waals surface area contributed by atoms with Gasteiger partial charge in [-0.2, -0.15) is 11.3 Å². The van der Waals surface area contributed by atoms with Crippen LogP contribution in [0, 0.1) is 6.92 Å². The number of anilines is 1. The molecule has 0 atom stereocenters. The molecule has 0 bridgehead atoms. The second-order valence-electron chi connectivity index (χ2n) is 7.25. The molecule has 4 aromatic rings. The predicted molar refractivity (Wildman–Crippen MR) is 130 cm³/mol. The van der Waals surface area contributed by atoms with E-state index in [1.807, 2.05) is 16.8 Å². The van der Waals surface area contributed by atoms with Crippen LogP contribution in [0.3, 0.4) is 0 Å². The van der Waals surface area contributed by atoms with Crippen molar-refractivity contribution in [1.29, 1.82) is 0 Å². The standard InChI is InChI=1S/C24H21N3O5S2/c1-15-21(34-23(26-15)16-9-11-33-14-16)24(30)32-13-20(28)27(2)19-8-4-3-7-18(19)22(29)25-12-17-6-5-10-31-17/h3-11,14H,12-13H2,1-2H3,(H,25,29). The summed E-state index contributed by atoms with van der Waals surface area (Å²) in [6.07, 6.45) is 1.53. The van der Waals surface area contributed by atoms with Gasteiger partial charge >= 0.3 is 5.97 Å². The molecular formula is C24H21N3O5S2. The van der Waals surface area contributed by atoms with Crippen molar-refractivity contribution < 1.29 is 23.5 Å². The third kappa shape index (κ3) is 5.24. The summed E-state index contributed by atoms with van der Waals surface area (Å²) in [7, 11) is 1.53. The summed E-state index contributed by atoms with van der Waals surface area (Å²) in [4.78, 5) is 44.1. The smallest absolute Gasteiger partial charge is 0.350 e. The van der Waals surface area contributed by atoms with Crippen LogP contribution in [-0.2, 0) is 16.1 Å². The van der Waals surface area contributed by atoms with Gasteiger partial charge in [0.2, 0.25) is 0 Å². The highest BCUT2D eigenvalue weighted by Gasteiger charge is 2.22. The number of likely N-dealkylation sites (N-methyl/N-ethyl adjacent to an activating group) is 1. The Morgan fingerprint density at radius 3 is 2.71 bits per heavy atom. The molecule has 4 rings (SSSR count). The molecule has 1 aromatic carbocycles. The van der Waals surface area contributed by atoms with Gasteiger partial charge in [0.1, 0.15) is 15.6 Å². The zero-order valence-electron chi connectivity index (χ0n) is 18.4. The van der Waals surface area contributed by atoms with Crippen molar-refractivity contribution >= 4 is 46.1 Å². The van der Waals surface area contributed by atoms with Gasteiger partial charge in [-0.3, -0.25) is 9.59 Å². The predicted octanol–water partition coefficient (Wildman–Crippen LogP) is 4.52. The summed E-state index contributed by atoms with van der Waals surface area (Å²) in [6.45, 7) is 1.48. The van der Waals surface area contributed by atoms with Gasteiger partial charge in [-0.1, -0.05) is 12.1 Å². The number of aryl methyl sites for hydroxylation is 1. The average Bonchev–Trinajstić information content (AvgIpc) is 3.62. The van der Waals surface area contributed by atoms with Crippen molar-refractivity contribution in [2.45, 2.75) is 13.5 Å². The number of nitrogens with one attached hydrogen (secondary N) is 1. The number of aromatic nitrogens is 1. The third-order valence-corrected chi connectivity index (χ3v) is 6.83. The first-order valence-electron chi connectivity index (χ1n) is 10.3. The highest BCUT2D eigenvalue weighted by atomic mass is 32.1. The number of esters is 1. The van der Waals surface area contributed by atoms with E-state index >= 15 is 0 Å². The number of para-hydroxylation sites is 1. The third-order valence-electron chi connectivity index (χ3n) is 4.96. The zero-order chi connectivity index (χ0) is 24.1. The van der Waals surface area contributed by atoms with E-state index in [1.165, 1.54) is 29.5 Å². The van der Waals surface area contributed by atoms with Crippen LogP contribution in [0.25, 0.3) is 10.6 Å². The minimum atomic E-state index is -0.609. The van der Waals surface area contributed by atoms with Crippen LogP contribution in [0.5, 0.6) is 0 Å². The first-order chi connectivity index (χ1) is 16.4. The summed E-state index contributed by atoms with van der Waals surface area (Å²) in [5.41, 5.74) is 2.20. The number of thiophene rings is 1. The largest absolute Gasteiger partial charge is 0.467 e. The van der Waals surface area contributed by atoms with Crippen molar-refractivity contribution in [3.63, 3.8) is 0 Å². The molecule has 0 unspecified atom stereocenters. The Hall–Kier alpha value is -3.76. The Kier molecular flexibility index (Phi) is 7.19.